The fraction of sp³-hybridized carbons (Fsp3) is 0.417. The second kappa shape index (κ2) is 9.42. The molecule has 170 valence electrons. The molecule has 0 radical (unpaired) electrons. The average molecular weight is 456 g/mol. The molecule has 1 saturated heterocycles. The minimum Gasteiger partial charge on any atom is -0.339 e. The molecule has 7 nitrogen and oxygen atoms in total. The van der Waals surface area contributed by atoms with Gasteiger partial charge in [0.25, 0.3) is 0 Å². The summed E-state index contributed by atoms with van der Waals surface area (Å²) in [4.78, 5) is 27.1. The van der Waals surface area contributed by atoms with Gasteiger partial charge in [0.05, 0.1) is 10.8 Å². The third-order valence-corrected chi connectivity index (χ3v) is 8.19. The number of benzene rings is 2. The number of nitrogens with one attached hydrogen (secondary N) is 1. The van der Waals surface area contributed by atoms with E-state index in [9.17, 15) is 18.0 Å². The van der Waals surface area contributed by atoms with Crippen LogP contribution in [0.15, 0.2) is 59.5 Å². The van der Waals surface area contributed by atoms with E-state index in [2.05, 4.69) is 5.32 Å². The number of anilines is 1. The molecule has 2 amide bonds. The maximum atomic E-state index is 12.9. The second-order valence-corrected chi connectivity index (χ2v) is 10.7. The Morgan fingerprint density at radius 2 is 1.72 bits per heavy atom. The molecule has 2 aromatic carbocycles. The molecule has 0 spiro atoms. The van der Waals surface area contributed by atoms with Gasteiger partial charge in [0.1, 0.15) is 0 Å². The van der Waals surface area contributed by atoms with E-state index in [1.165, 1.54) is 16.4 Å². The smallest absolute Gasteiger partial charge is 0.243 e. The number of likely N-dealkylation sites (tertiary alicyclic amines) is 1. The van der Waals surface area contributed by atoms with Crippen molar-refractivity contribution in [3.05, 3.63) is 60.2 Å². The molecular weight excluding hydrogens is 426 g/mol. The molecule has 1 atom stereocenters. The van der Waals surface area contributed by atoms with Crippen LogP contribution in [0.25, 0.3) is 0 Å². The van der Waals surface area contributed by atoms with Crippen LogP contribution in [-0.4, -0.2) is 49.1 Å². The SMILES string of the molecule is CN(Cc1ccccc1)S(=O)(=O)c1ccc(NC(=O)[C@H]2CC(=O)N(C3CCCC3)C2)cc1. The minimum atomic E-state index is -3.65. The lowest BCUT2D eigenvalue weighted by Gasteiger charge is -2.23. The number of rotatable bonds is 7. The van der Waals surface area contributed by atoms with Crippen LogP contribution in [0.1, 0.15) is 37.7 Å². The van der Waals surface area contributed by atoms with Crippen molar-refractivity contribution in [1.82, 2.24) is 9.21 Å². The number of hydrogen-bond donors (Lipinski definition) is 1. The van der Waals surface area contributed by atoms with Crippen LogP contribution in [0.5, 0.6) is 0 Å². The minimum absolute atomic E-state index is 0.0555. The quantitative estimate of drug-likeness (QED) is 0.694. The summed E-state index contributed by atoms with van der Waals surface area (Å²) in [7, 11) is -2.11. The predicted octanol–water partition coefficient (Wildman–Crippen LogP) is 3.24. The zero-order valence-corrected chi connectivity index (χ0v) is 19.1. The van der Waals surface area contributed by atoms with Gasteiger partial charge < -0.3 is 10.2 Å². The fourth-order valence-corrected chi connectivity index (χ4v) is 5.70. The van der Waals surface area contributed by atoms with E-state index in [1.54, 1.807) is 19.2 Å². The lowest BCUT2D eigenvalue weighted by Crippen LogP contribution is -2.35. The van der Waals surface area contributed by atoms with Crippen molar-refractivity contribution < 1.29 is 18.0 Å². The van der Waals surface area contributed by atoms with Crippen molar-refractivity contribution in [3.8, 4) is 0 Å². The lowest BCUT2D eigenvalue weighted by molar-refractivity contribution is -0.129. The number of nitrogens with zero attached hydrogens (tertiary/aromatic N) is 2. The molecule has 1 heterocycles. The maximum Gasteiger partial charge on any atom is 0.243 e. The summed E-state index contributed by atoms with van der Waals surface area (Å²) in [5, 5.41) is 2.84. The van der Waals surface area contributed by atoms with Gasteiger partial charge in [-0.3, -0.25) is 9.59 Å². The summed E-state index contributed by atoms with van der Waals surface area (Å²) in [6.07, 6.45) is 4.56. The number of carbonyl (C=O) groups is 2. The van der Waals surface area contributed by atoms with Gasteiger partial charge in [-0.2, -0.15) is 4.31 Å². The second-order valence-electron chi connectivity index (χ2n) is 8.65. The number of sulfonamides is 1. The van der Waals surface area contributed by atoms with Crippen LogP contribution in [0.3, 0.4) is 0 Å². The van der Waals surface area contributed by atoms with Crippen molar-refractivity contribution in [1.29, 1.82) is 0 Å². The Bertz CT molecular complexity index is 1060. The Hall–Kier alpha value is -2.71. The summed E-state index contributed by atoms with van der Waals surface area (Å²) in [5.41, 5.74) is 1.42. The first kappa shape index (κ1) is 22.5. The van der Waals surface area contributed by atoms with E-state index in [4.69, 9.17) is 0 Å². The number of amides is 2. The number of hydrogen-bond acceptors (Lipinski definition) is 4. The van der Waals surface area contributed by atoms with E-state index < -0.39 is 10.0 Å². The van der Waals surface area contributed by atoms with E-state index in [0.717, 1.165) is 31.2 Å². The average Bonchev–Trinajstić information content (AvgIpc) is 3.44. The van der Waals surface area contributed by atoms with Gasteiger partial charge in [0, 0.05) is 38.3 Å². The third-order valence-electron chi connectivity index (χ3n) is 6.37. The van der Waals surface area contributed by atoms with Crippen LogP contribution < -0.4 is 5.32 Å². The summed E-state index contributed by atoms with van der Waals surface area (Å²) < 4.78 is 27.0. The highest BCUT2D eigenvalue weighted by Gasteiger charge is 2.38. The first-order chi connectivity index (χ1) is 15.3. The summed E-state index contributed by atoms with van der Waals surface area (Å²) in [6, 6.07) is 15.8. The first-order valence-electron chi connectivity index (χ1n) is 11.1. The van der Waals surface area contributed by atoms with Gasteiger partial charge in [-0.15, -0.1) is 0 Å². The van der Waals surface area contributed by atoms with Crippen LogP contribution in [0, 0.1) is 5.92 Å². The molecule has 4 rings (SSSR count). The van der Waals surface area contributed by atoms with Crippen LogP contribution in [-0.2, 0) is 26.2 Å². The molecule has 0 unspecified atom stereocenters. The monoisotopic (exact) mass is 455 g/mol. The van der Waals surface area contributed by atoms with Crippen molar-refractivity contribution in [2.75, 3.05) is 18.9 Å². The predicted molar refractivity (Wildman–Crippen MR) is 122 cm³/mol. The maximum absolute atomic E-state index is 12.9. The molecule has 2 fully saturated rings. The van der Waals surface area contributed by atoms with Crippen molar-refractivity contribution in [2.45, 2.75) is 49.6 Å². The zero-order valence-electron chi connectivity index (χ0n) is 18.2. The molecule has 1 aliphatic carbocycles. The summed E-state index contributed by atoms with van der Waals surface area (Å²) in [5.74, 6) is -0.515. The molecule has 2 aromatic rings. The standard InChI is InChI=1S/C24H29N3O4S/c1-26(16-18-7-3-2-4-8-18)32(30,31)22-13-11-20(12-14-22)25-24(29)19-15-23(28)27(17-19)21-9-5-6-10-21/h2-4,7-8,11-14,19,21H,5-6,9-10,15-17H2,1H3,(H,25,29)/t19-/m0/s1. The highest BCUT2D eigenvalue weighted by Crippen LogP contribution is 2.30. The summed E-state index contributed by atoms with van der Waals surface area (Å²) in [6.45, 7) is 0.737. The Balaban J connectivity index is 1.37. The highest BCUT2D eigenvalue weighted by atomic mass is 32.2. The van der Waals surface area contributed by atoms with E-state index in [-0.39, 0.29) is 41.6 Å². The Morgan fingerprint density at radius 3 is 2.38 bits per heavy atom. The van der Waals surface area contributed by atoms with Gasteiger partial charge in [0.15, 0.2) is 0 Å². The molecule has 8 heteroatoms. The topological polar surface area (TPSA) is 86.8 Å². The van der Waals surface area contributed by atoms with Crippen molar-refractivity contribution in [3.63, 3.8) is 0 Å². The normalized spacial score (nSPS) is 19.6. The van der Waals surface area contributed by atoms with Gasteiger partial charge in [0.2, 0.25) is 21.8 Å². The van der Waals surface area contributed by atoms with Crippen LogP contribution >= 0.6 is 0 Å². The molecular formula is C24H29N3O4S. The van der Waals surface area contributed by atoms with Gasteiger partial charge in [-0.25, -0.2) is 8.42 Å². The third kappa shape index (κ3) is 4.86. The number of carbonyl (C=O) groups excluding carboxylic acids is 2. The Morgan fingerprint density at radius 1 is 1.06 bits per heavy atom. The van der Waals surface area contributed by atoms with E-state index in [0.29, 0.717) is 12.2 Å². The van der Waals surface area contributed by atoms with Gasteiger partial charge in [-0.05, 0) is 42.7 Å². The van der Waals surface area contributed by atoms with Crippen molar-refractivity contribution in [2.24, 2.45) is 5.92 Å². The molecule has 1 saturated carbocycles. The fourth-order valence-electron chi connectivity index (χ4n) is 4.54. The summed E-state index contributed by atoms with van der Waals surface area (Å²) >= 11 is 0. The van der Waals surface area contributed by atoms with E-state index >= 15 is 0 Å². The van der Waals surface area contributed by atoms with Gasteiger partial charge >= 0.3 is 0 Å². The molecule has 2 aliphatic rings. The van der Waals surface area contributed by atoms with Crippen molar-refractivity contribution >= 4 is 27.5 Å². The van der Waals surface area contributed by atoms with Gasteiger partial charge in [-0.1, -0.05) is 43.2 Å². The molecule has 1 aliphatic heterocycles. The van der Waals surface area contributed by atoms with Crippen LogP contribution in [0.2, 0.25) is 0 Å². The molecule has 0 bridgehead atoms. The van der Waals surface area contributed by atoms with Crippen LogP contribution in [0.4, 0.5) is 5.69 Å². The first-order valence-corrected chi connectivity index (χ1v) is 12.5. The molecule has 1 N–H and O–H groups in total. The lowest BCUT2D eigenvalue weighted by atomic mass is 10.1. The van der Waals surface area contributed by atoms with E-state index in [1.807, 2.05) is 35.2 Å². The Labute approximate surface area is 189 Å². The highest BCUT2D eigenvalue weighted by molar-refractivity contribution is 7.89. The molecule has 32 heavy (non-hydrogen) atoms. The zero-order chi connectivity index (χ0) is 22.7. The Kier molecular flexibility index (Phi) is 6.62. The largest absolute Gasteiger partial charge is 0.339 e. The molecule has 0 aromatic heterocycles.